The van der Waals surface area contributed by atoms with Crippen molar-refractivity contribution >= 4 is 11.4 Å². The van der Waals surface area contributed by atoms with Crippen molar-refractivity contribution in [3.8, 4) is 11.5 Å². The zero-order valence-electron chi connectivity index (χ0n) is 15.0. The third-order valence-electron chi connectivity index (χ3n) is 3.39. The quantitative estimate of drug-likeness (QED) is 0.362. The van der Waals surface area contributed by atoms with Gasteiger partial charge in [0.15, 0.2) is 11.4 Å². The van der Waals surface area contributed by atoms with Gasteiger partial charge in [0.25, 0.3) is 0 Å². The van der Waals surface area contributed by atoms with E-state index in [9.17, 15) is 26.3 Å². The van der Waals surface area contributed by atoms with Gasteiger partial charge < -0.3 is 14.4 Å². The number of alkyl halides is 6. The van der Waals surface area contributed by atoms with Crippen LogP contribution in [0.15, 0.2) is 58.8 Å². The number of ether oxygens (including phenoxy) is 1. The van der Waals surface area contributed by atoms with Gasteiger partial charge in [-0.3, -0.25) is 0 Å². The van der Waals surface area contributed by atoms with Crippen LogP contribution in [0.25, 0.3) is 0 Å². The van der Waals surface area contributed by atoms with Crippen LogP contribution in [0.3, 0.4) is 0 Å². The molecular weight excluding hydrogens is 406 g/mol. The number of rotatable bonds is 6. The monoisotopic (exact) mass is 420 g/mol. The van der Waals surface area contributed by atoms with E-state index < -0.39 is 23.8 Å². The number of nitrogens with zero attached hydrogens (tertiary/aromatic N) is 2. The minimum absolute atomic E-state index is 0.169. The number of oxime groups is 2. The predicted molar refractivity (Wildman–Crippen MR) is 92.2 cm³/mol. The minimum Gasteiger partial charge on any atom is -0.457 e. The molecule has 5 nitrogen and oxygen atoms in total. The molecule has 2 aromatic rings. The molecule has 0 aliphatic carbocycles. The zero-order chi connectivity index (χ0) is 21.7. The largest absolute Gasteiger partial charge is 0.457 e. The topological polar surface area (TPSA) is 52.4 Å². The van der Waals surface area contributed by atoms with E-state index in [2.05, 4.69) is 20.0 Å². The lowest BCUT2D eigenvalue weighted by molar-refractivity contribution is -0.0616. The first kappa shape index (κ1) is 22.1. The van der Waals surface area contributed by atoms with Gasteiger partial charge >= 0.3 is 12.4 Å². The van der Waals surface area contributed by atoms with Gasteiger partial charge in [-0.1, -0.05) is 10.3 Å². The lowest BCUT2D eigenvalue weighted by Gasteiger charge is -2.12. The van der Waals surface area contributed by atoms with Crippen LogP contribution in [0.1, 0.15) is 11.1 Å². The standard InChI is InChI=1S/C18H14F6N2O3/c1-27-25-15(17(19,20)21)11-3-7-13(8-4-11)29-14-9-5-12(6-10-14)16(26-28-2)18(22,23)24/h3-10H,1-2H3. The number of hydrogen-bond donors (Lipinski definition) is 0. The van der Waals surface area contributed by atoms with Crippen molar-refractivity contribution in [3.05, 3.63) is 59.7 Å². The summed E-state index contributed by atoms with van der Waals surface area (Å²) >= 11 is 0. The molecule has 2 aromatic carbocycles. The van der Waals surface area contributed by atoms with Crippen LogP contribution in [-0.4, -0.2) is 38.0 Å². The van der Waals surface area contributed by atoms with Crippen molar-refractivity contribution in [2.45, 2.75) is 12.4 Å². The van der Waals surface area contributed by atoms with Crippen molar-refractivity contribution in [2.24, 2.45) is 10.3 Å². The number of benzene rings is 2. The summed E-state index contributed by atoms with van der Waals surface area (Å²) in [6, 6.07) is 9.54. The second kappa shape index (κ2) is 8.84. The van der Waals surface area contributed by atoms with Gasteiger partial charge in [-0.2, -0.15) is 26.3 Å². The van der Waals surface area contributed by atoms with Crippen molar-refractivity contribution < 1.29 is 40.8 Å². The summed E-state index contributed by atoms with van der Waals surface area (Å²) < 4.78 is 83.1. The molecule has 0 saturated carbocycles. The summed E-state index contributed by atoms with van der Waals surface area (Å²) in [4.78, 5) is 8.44. The average molecular weight is 420 g/mol. The summed E-state index contributed by atoms with van der Waals surface area (Å²) in [5, 5.41) is 5.96. The SMILES string of the molecule is CON=C(c1ccc(Oc2ccc(C(=NOC)C(F)(F)F)cc2)cc1)C(F)(F)F. The first-order chi connectivity index (χ1) is 13.6. The number of halogens is 6. The Morgan fingerprint density at radius 1 is 0.621 bits per heavy atom. The molecule has 11 heteroatoms. The van der Waals surface area contributed by atoms with E-state index in [1.807, 2.05) is 0 Å². The molecule has 0 aliphatic rings. The summed E-state index contributed by atoms with van der Waals surface area (Å²) in [6.07, 6.45) is -9.43. The Balaban J connectivity index is 2.19. The minimum atomic E-state index is -4.71. The van der Waals surface area contributed by atoms with Gasteiger partial charge in [-0.15, -0.1) is 0 Å². The maximum atomic E-state index is 12.9. The van der Waals surface area contributed by atoms with Gasteiger partial charge in [0.05, 0.1) is 0 Å². The molecule has 0 unspecified atom stereocenters. The first-order valence-corrected chi connectivity index (χ1v) is 7.81. The molecule has 0 spiro atoms. The summed E-state index contributed by atoms with van der Waals surface area (Å²) in [5.74, 6) is 0.337. The van der Waals surface area contributed by atoms with E-state index in [4.69, 9.17) is 4.74 Å². The highest BCUT2D eigenvalue weighted by molar-refractivity contribution is 6.04. The van der Waals surface area contributed by atoms with Crippen molar-refractivity contribution in [1.82, 2.24) is 0 Å². The third-order valence-corrected chi connectivity index (χ3v) is 3.39. The third kappa shape index (κ3) is 5.87. The normalized spacial score (nSPS) is 13.2. The second-order valence-electron chi connectivity index (χ2n) is 5.39. The van der Waals surface area contributed by atoms with Crippen LogP contribution in [-0.2, 0) is 9.68 Å². The van der Waals surface area contributed by atoms with E-state index >= 15 is 0 Å². The van der Waals surface area contributed by atoms with Gasteiger partial charge in [0.2, 0.25) is 0 Å². The van der Waals surface area contributed by atoms with Gasteiger partial charge in [-0.05, 0) is 48.5 Å². The Kier molecular flexibility index (Phi) is 6.72. The Morgan fingerprint density at radius 2 is 0.931 bits per heavy atom. The molecule has 0 heterocycles. The fraction of sp³-hybridized carbons (Fsp3) is 0.222. The Morgan fingerprint density at radius 3 is 1.17 bits per heavy atom. The smallest absolute Gasteiger partial charge is 0.437 e. The average Bonchev–Trinajstić information content (AvgIpc) is 2.64. The summed E-state index contributed by atoms with van der Waals surface area (Å²) in [6.45, 7) is 0. The lowest BCUT2D eigenvalue weighted by Crippen LogP contribution is -2.24. The van der Waals surface area contributed by atoms with Gasteiger partial charge in [0.1, 0.15) is 25.7 Å². The molecule has 0 fully saturated rings. The summed E-state index contributed by atoms with van der Waals surface area (Å²) in [7, 11) is 1.99. The van der Waals surface area contributed by atoms with Crippen LogP contribution in [0, 0.1) is 0 Å². The fourth-order valence-electron chi connectivity index (χ4n) is 2.22. The van der Waals surface area contributed by atoms with Crippen LogP contribution < -0.4 is 4.74 Å². The van der Waals surface area contributed by atoms with E-state index in [-0.39, 0.29) is 22.6 Å². The molecule has 156 valence electrons. The molecule has 29 heavy (non-hydrogen) atoms. The molecular formula is C18H14F6N2O3. The molecule has 0 aliphatic heterocycles. The van der Waals surface area contributed by atoms with Crippen molar-refractivity contribution in [2.75, 3.05) is 14.2 Å². The second-order valence-corrected chi connectivity index (χ2v) is 5.39. The van der Waals surface area contributed by atoms with E-state index in [0.717, 1.165) is 38.5 Å². The lowest BCUT2D eigenvalue weighted by atomic mass is 10.1. The van der Waals surface area contributed by atoms with Crippen LogP contribution >= 0.6 is 0 Å². The molecule has 0 bridgehead atoms. The maximum Gasteiger partial charge on any atom is 0.437 e. The van der Waals surface area contributed by atoms with Gasteiger partial charge in [0, 0.05) is 11.1 Å². The van der Waals surface area contributed by atoms with E-state index in [1.165, 1.54) is 24.3 Å². The van der Waals surface area contributed by atoms with Crippen molar-refractivity contribution in [3.63, 3.8) is 0 Å². The van der Waals surface area contributed by atoms with Crippen LogP contribution in [0.5, 0.6) is 11.5 Å². The van der Waals surface area contributed by atoms with Gasteiger partial charge in [-0.25, -0.2) is 0 Å². The maximum absolute atomic E-state index is 12.9. The molecule has 0 atom stereocenters. The van der Waals surface area contributed by atoms with Crippen LogP contribution in [0.4, 0.5) is 26.3 Å². The molecule has 0 radical (unpaired) electrons. The van der Waals surface area contributed by atoms with E-state index in [1.54, 1.807) is 0 Å². The first-order valence-electron chi connectivity index (χ1n) is 7.81. The molecule has 0 amide bonds. The highest BCUT2D eigenvalue weighted by atomic mass is 19.4. The predicted octanol–water partition coefficient (Wildman–Crippen LogP) is 5.30. The zero-order valence-corrected chi connectivity index (χ0v) is 15.0. The fourth-order valence-corrected chi connectivity index (χ4v) is 2.22. The molecule has 0 N–H and O–H groups in total. The van der Waals surface area contributed by atoms with Crippen LogP contribution in [0.2, 0.25) is 0 Å². The molecule has 2 rings (SSSR count). The number of hydrogen-bond acceptors (Lipinski definition) is 5. The Labute approximate surface area is 161 Å². The summed E-state index contributed by atoms with van der Waals surface area (Å²) in [5.41, 5.74) is -2.92. The Bertz CT molecular complexity index is 799. The van der Waals surface area contributed by atoms with E-state index in [0.29, 0.717) is 0 Å². The Hall–Kier alpha value is -3.24. The highest BCUT2D eigenvalue weighted by Gasteiger charge is 2.38. The molecule has 0 aromatic heterocycles. The molecule has 0 saturated heterocycles. The van der Waals surface area contributed by atoms with Crippen molar-refractivity contribution in [1.29, 1.82) is 0 Å². The highest BCUT2D eigenvalue weighted by Crippen LogP contribution is 2.28.